The van der Waals surface area contributed by atoms with E-state index in [4.69, 9.17) is 4.52 Å². The molecular weight excluding hydrogens is 324 g/mol. The lowest BCUT2D eigenvalue weighted by atomic mass is 9.94. The van der Waals surface area contributed by atoms with Crippen LogP contribution in [-0.2, 0) is 16.5 Å². The fourth-order valence-corrected chi connectivity index (χ4v) is 3.90. The van der Waals surface area contributed by atoms with Crippen LogP contribution < -0.4 is 0 Å². The number of rotatable bonds is 4. The lowest BCUT2D eigenvalue weighted by Crippen LogP contribution is -2.02. The molecule has 2 aromatic rings. The van der Waals surface area contributed by atoms with Crippen molar-refractivity contribution < 1.29 is 21.7 Å². The molecule has 1 aliphatic rings. The predicted molar refractivity (Wildman–Crippen MR) is 81.0 cm³/mol. The average Bonchev–Trinajstić information content (AvgIpc) is 3.14. The van der Waals surface area contributed by atoms with Gasteiger partial charge in [-0.2, -0.15) is 0 Å². The summed E-state index contributed by atoms with van der Waals surface area (Å²) in [6.45, 7) is -0.843. The molecule has 0 aliphatic heterocycles. The summed E-state index contributed by atoms with van der Waals surface area (Å²) in [5.41, 5.74) is 1.49. The molecule has 1 heterocycles. The smallest absolute Gasteiger partial charge is 0.178 e. The minimum Gasteiger partial charge on any atom is -0.358 e. The summed E-state index contributed by atoms with van der Waals surface area (Å²) in [5.74, 6) is -0.626. The molecule has 0 amide bonds. The molecule has 0 radical (unpaired) electrons. The van der Waals surface area contributed by atoms with Gasteiger partial charge in [0.05, 0.1) is 11.3 Å². The van der Waals surface area contributed by atoms with Gasteiger partial charge in [-0.1, -0.05) is 24.1 Å². The third-order valence-corrected chi connectivity index (χ3v) is 5.40. The highest BCUT2D eigenvalue weighted by Crippen LogP contribution is 2.41. The van der Waals surface area contributed by atoms with Crippen molar-refractivity contribution in [1.29, 1.82) is 0 Å². The zero-order valence-electron chi connectivity index (χ0n) is 12.7. The fraction of sp³-hybridized carbons (Fsp3) is 0.438. The molecule has 0 atom stereocenters. The number of hydrogen-bond acceptors (Lipinski definition) is 4. The topological polar surface area (TPSA) is 60.2 Å². The van der Waals surface area contributed by atoms with Crippen molar-refractivity contribution in [2.45, 2.75) is 43.2 Å². The zero-order chi connectivity index (χ0) is 16.6. The van der Waals surface area contributed by atoms with Gasteiger partial charge in [0.2, 0.25) is 0 Å². The third-order valence-electron chi connectivity index (χ3n) is 4.27. The second-order valence-corrected chi connectivity index (χ2v) is 7.88. The normalized spacial score (nSPS) is 16.1. The van der Waals surface area contributed by atoms with E-state index in [1.165, 1.54) is 12.1 Å². The van der Waals surface area contributed by atoms with Gasteiger partial charge in [-0.05, 0) is 30.5 Å². The fourth-order valence-electron chi connectivity index (χ4n) is 3.17. The van der Waals surface area contributed by atoms with E-state index in [1.807, 2.05) is 0 Å². The van der Waals surface area contributed by atoms with Gasteiger partial charge in [-0.15, -0.1) is 0 Å². The SMILES string of the molecule is CS(=O)(=O)c1ccc(-c2c(C3CCCC3)noc2CF)cc1F. The maximum absolute atomic E-state index is 14.2. The van der Waals surface area contributed by atoms with Gasteiger partial charge < -0.3 is 4.52 Å². The first-order valence-electron chi connectivity index (χ1n) is 7.46. The predicted octanol–water partition coefficient (Wildman–Crippen LogP) is 4.01. The Hall–Kier alpha value is -1.76. The van der Waals surface area contributed by atoms with Gasteiger partial charge >= 0.3 is 0 Å². The van der Waals surface area contributed by atoms with Crippen LogP contribution in [0, 0.1) is 5.82 Å². The summed E-state index contributed by atoms with van der Waals surface area (Å²) in [6.07, 6.45) is 4.97. The Balaban J connectivity index is 2.11. The summed E-state index contributed by atoms with van der Waals surface area (Å²) >= 11 is 0. The summed E-state index contributed by atoms with van der Waals surface area (Å²) in [6, 6.07) is 3.79. The molecule has 0 saturated heterocycles. The van der Waals surface area contributed by atoms with E-state index in [1.54, 1.807) is 0 Å². The van der Waals surface area contributed by atoms with Crippen molar-refractivity contribution in [3.63, 3.8) is 0 Å². The zero-order valence-corrected chi connectivity index (χ0v) is 13.5. The molecule has 1 fully saturated rings. The Labute approximate surface area is 133 Å². The van der Waals surface area contributed by atoms with E-state index >= 15 is 0 Å². The van der Waals surface area contributed by atoms with E-state index in [-0.39, 0.29) is 16.6 Å². The lowest BCUT2D eigenvalue weighted by Gasteiger charge is -2.10. The van der Waals surface area contributed by atoms with Gasteiger partial charge in [0, 0.05) is 12.2 Å². The number of alkyl halides is 1. The highest BCUT2D eigenvalue weighted by atomic mass is 32.2. The molecule has 0 bridgehead atoms. The van der Waals surface area contributed by atoms with Crippen LogP contribution in [0.25, 0.3) is 11.1 Å². The molecule has 0 unspecified atom stereocenters. The number of sulfone groups is 1. The maximum atomic E-state index is 14.2. The molecule has 0 N–H and O–H groups in total. The van der Waals surface area contributed by atoms with Gasteiger partial charge in [-0.25, -0.2) is 17.2 Å². The first-order valence-corrected chi connectivity index (χ1v) is 9.35. The maximum Gasteiger partial charge on any atom is 0.178 e. The molecule has 1 aromatic carbocycles. The number of hydrogen-bond donors (Lipinski definition) is 0. The molecule has 124 valence electrons. The van der Waals surface area contributed by atoms with Crippen LogP contribution in [0.4, 0.5) is 8.78 Å². The van der Waals surface area contributed by atoms with Crippen molar-refractivity contribution in [2.75, 3.05) is 6.26 Å². The standard InChI is InChI=1S/C16H17F2NO3S/c1-23(20,21)14-7-6-11(8-12(14)18)15-13(9-17)22-19-16(15)10-4-2-3-5-10/h6-8,10H,2-5,9H2,1H3. The Morgan fingerprint density at radius 1 is 1.30 bits per heavy atom. The molecule has 1 aliphatic carbocycles. The highest BCUT2D eigenvalue weighted by Gasteiger charge is 2.28. The second kappa shape index (κ2) is 6.03. The van der Waals surface area contributed by atoms with Crippen molar-refractivity contribution in [1.82, 2.24) is 5.16 Å². The minimum absolute atomic E-state index is 0.0541. The Morgan fingerprint density at radius 2 is 2.00 bits per heavy atom. The van der Waals surface area contributed by atoms with Crippen LogP contribution in [0.3, 0.4) is 0 Å². The van der Waals surface area contributed by atoms with Gasteiger partial charge in [0.25, 0.3) is 0 Å². The van der Waals surface area contributed by atoms with Crippen LogP contribution >= 0.6 is 0 Å². The minimum atomic E-state index is -3.65. The van der Waals surface area contributed by atoms with E-state index in [0.29, 0.717) is 16.8 Å². The molecule has 1 aromatic heterocycles. The first-order chi connectivity index (χ1) is 10.9. The molecule has 1 saturated carbocycles. The quantitative estimate of drug-likeness (QED) is 0.843. The highest BCUT2D eigenvalue weighted by molar-refractivity contribution is 7.90. The van der Waals surface area contributed by atoms with E-state index in [2.05, 4.69) is 5.16 Å². The Kier molecular flexibility index (Phi) is 4.23. The van der Waals surface area contributed by atoms with Crippen molar-refractivity contribution in [3.8, 4) is 11.1 Å². The number of nitrogens with zero attached hydrogens (tertiary/aromatic N) is 1. The van der Waals surface area contributed by atoms with Crippen LogP contribution in [0.1, 0.15) is 43.1 Å². The average molecular weight is 341 g/mol. The molecule has 3 rings (SSSR count). The third kappa shape index (κ3) is 3.02. The summed E-state index contributed by atoms with van der Waals surface area (Å²) in [5, 5.41) is 3.99. The summed E-state index contributed by atoms with van der Waals surface area (Å²) in [7, 11) is -3.65. The second-order valence-electron chi connectivity index (χ2n) is 5.90. The number of halogens is 2. The molecule has 23 heavy (non-hydrogen) atoms. The van der Waals surface area contributed by atoms with Crippen LogP contribution in [0.15, 0.2) is 27.6 Å². The molecular formula is C16H17F2NO3S. The van der Waals surface area contributed by atoms with Crippen molar-refractivity contribution >= 4 is 9.84 Å². The molecule has 4 nitrogen and oxygen atoms in total. The molecule has 0 spiro atoms. The van der Waals surface area contributed by atoms with Crippen LogP contribution in [-0.4, -0.2) is 19.8 Å². The largest absolute Gasteiger partial charge is 0.358 e. The summed E-state index contributed by atoms with van der Waals surface area (Å²) in [4.78, 5) is -0.373. The van der Waals surface area contributed by atoms with Crippen LogP contribution in [0.2, 0.25) is 0 Å². The number of aromatic nitrogens is 1. The van der Waals surface area contributed by atoms with Crippen LogP contribution in [0.5, 0.6) is 0 Å². The van der Waals surface area contributed by atoms with Crippen molar-refractivity contribution in [3.05, 3.63) is 35.5 Å². The number of benzene rings is 1. The summed E-state index contributed by atoms with van der Waals surface area (Å²) < 4.78 is 55.5. The van der Waals surface area contributed by atoms with E-state index in [9.17, 15) is 17.2 Å². The van der Waals surface area contributed by atoms with Gasteiger partial charge in [0.1, 0.15) is 10.7 Å². The first kappa shape index (κ1) is 16.1. The Bertz CT molecular complexity index is 824. The van der Waals surface area contributed by atoms with Crippen molar-refractivity contribution in [2.24, 2.45) is 0 Å². The lowest BCUT2D eigenvalue weighted by molar-refractivity contribution is 0.325. The Morgan fingerprint density at radius 3 is 2.57 bits per heavy atom. The monoisotopic (exact) mass is 341 g/mol. The van der Waals surface area contributed by atoms with Gasteiger partial charge in [0.15, 0.2) is 22.3 Å². The molecule has 7 heteroatoms. The van der Waals surface area contributed by atoms with E-state index < -0.39 is 22.3 Å². The van der Waals surface area contributed by atoms with E-state index in [0.717, 1.165) is 38.0 Å². The van der Waals surface area contributed by atoms with Gasteiger partial charge in [-0.3, -0.25) is 0 Å².